The highest BCUT2D eigenvalue weighted by molar-refractivity contribution is 5.76. The number of hydrogen-bond acceptors (Lipinski definition) is 4. The Morgan fingerprint density at radius 2 is 1.96 bits per heavy atom. The number of nitrogens with zero attached hydrogens (tertiary/aromatic N) is 1. The van der Waals surface area contributed by atoms with Crippen molar-refractivity contribution >= 4 is 11.6 Å². The number of pyridine rings is 1. The van der Waals surface area contributed by atoms with Crippen LogP contribution in [-0.4, -0.2) is 17.5 Å². The highest BCUT2D eigenvalue weighted by Gasteiger charge is 2.06. The molecule has 1 aromatic heterocycles. The Bertz CT molecular complexity index is 657. The van der Waals surface area contributed by atoms with E-state index in [1.165, 1.54) is 0 Å². The van der Waals surface area contributed by atoms with Crippen molar-refractivity contribution in [3.63, 3.8) is 0 Å². The topological polar surface area (TPSA) is 77.2 Å². The van der Waals surface area contributed by atoms with Crippen LogP contribution in [0.2, 0.25) is 0 Å². The zero-order chi connectivity index (χ0) is 17.4. The van der Waals surface area contributed by atoms with Gasteiger partial charge in [-0.15, -0.1) is 0 Å². The fourth-order valence-electron chi connectivity index (χ4n) is 2.19. The van der Waals surface area contributed by atoms with Gasteiger partial charge in [0, 0.05) is 25.4 Å². The van der Waals surface area contributed by atoms with Crippen LogP contribution in [0.4, 0.5) is 5.69 Å². The van der Waals surface area contributed by atoms with Gasteiger partial charge in [0.05, 0.1) is 12.3 Å². The smallest absolute Gasteiger partial charge is 0.220 e. The average molecular weight is 327 g/mol. The minimum absolute atomic E-state index is 0.0190. The van der Waals surface area contributed by atoms with Gasteiger partial charge in [-0.2, -0.15) is 0 Å². The van der Waals surface area contributed by atoms with E-state index < -0.39 is 0 Å². The van der Waals surface area contributed by atoms with Gasteiger partial charge in [-0.3, -0.25) is 9.78 Å². The molecule has 24 heavy (non-hydrogen) atoms. The summed E-state index contributed by atoms with van der Waals surface area (Å²) in [6, 6.07) is 9.49. The van der Waals surface area contributed by atoms with Crippen molar-refractivity contribution in [1.29, 1.82) is 0 Å². The second-order valence-electron chi connectivity index (χ2n) is 6.21. The standard InChI is InChI=1S/C19H25N3O2/c1-14(2)13-24-18-5-3-15(11-17(18)20)4-6-19(23)22-12-16-7-9-21-10-8-16/h3,5,7-11,14H,4,6,12-13,20H2,1-2H3,(H,22,23). The number of nitrogens with two attached hydrogens (primary N) is 1. The van der Waals surface area contributed by atoms with E-state index in [-0.39, 0.29) is 5.91 Å². The maximum absolute atomic E-state index is 11.9. The summed E-state index contributed by atoms with van der Waals surface area (Å²) in [6.07, 6.45) is 4.51. The van der Waals surface area contributed by atoms with Crippen LogP contribution < -0.4 is 15.8 Å². The first-order valence-electron chi connectivity index (χ1n) is 8.21. The van der Waals surface area contributed by atoms with Gasteiger partial charge in [-0.05, 0) is 47.7 Å². The quantitative estimate of drug-likeness (QED) is 0.731. The summed E-state index contributed by atoms with van der Waals surface area (Å²) < 4.78 is 5.66. The molecule has 2 rings (SSSR count). The van der Waals surface area contributed by atoms with Gasteiger partial charge in [0.15, 0.2) is 0 Å². The van der Waals surface area contributed by atoms with Crippen molar-refractivity contribution in [2.24, 2.45) is 5.92 Å². The largest absolute Gasteiger partial charge is 0.491 e. The average Bonchev–Trinajstić information content (AvgIpc) is 2.58. The molecule has 0 saturated heterocycles. The van der Waals surface area contributed by atoms with E-state index in [1.807, 2.05) is 30.3 Å². The Morgan fingerprint density at radius 1 is 1.21 bits per heavy atom. The van der Waals surface area contributed by atoms with E-state index in [1.54, 1.807) is 12.4 Å². The summed E-state index contributed by atoms with van der Waals surface area (Å²) in [6.45, 7) is 5.34. The van der Waals surface area contributed by atoms with Gasteiger partial charge in [0.2, 0.25) is 5.91 Å². The summed E-state index contributed by atoms with van der Waals surface area (Å²) in [5.74, 6) is 1.17. The molecule has 0 unspecified atom stereocenters. The lowest BCUT2D eigenvalue weighted by molar-refractivity contribution is -0.121. The van der Waals surface area contributed by atoms with Crippen molar-refractivity contribution in [3.8, 4) is 5.75 Å². The molecule has 1 amide bonds. The van der Waals surface area contributed by atoms with Crippen molar-refractivity contribution < 1.29 is 9.53 Å². The maximum Gasteiger partial charge on any atom is 0.220 e. The fourth-order valence-corrected chi connectivity index (χ4v) is 2.19. The van der Waals surface area contributed by atoms with E-state index >= 15 is 0 Å². The Kier molecular flexibility index (Phi) is 6.61. The summed E-state index contributed by atoms with van der Waals surface area (Å²) in [5.41, 5.74) is 8.70. The normalized spacial score (nSPS) is 10.6. The predicted octanol–water partition coefficient (Wildman–Crippen LogP) is 2.95. The molecule has 128 valence electrons. The molecular weight excluding hydrogens is 302 g/mol. The van der Waals surface area contributed by atoms with Crippen LogP contribution in [0.3, 0.4) is 0 Å². The number of rotatable bonds is 8. The molecule has 0 radical (unpaired) electrons. The molecule has 1 aromatic carbocycles. The molecule has 3 N–H and O–H groups in total. The second-order valence-corrected chi connectivity index (χ2v) is 6.21. The van der Waals surface area contributed by atoms with Crippen LogP contribution in [0.1, 0.15) is 31.4 Å². The molecule has 5 nitrogen and oxygen atoms in total. The van der Waals surface area contributed by atoms with Crippen LogP contribution >= 0.6 is 0 Å². The first-order chi connectivity index (χ1) is 11.5. The number of hydrogen-bond donors (Lipinski definition) is 2. The van der Waals surface area contributed by atoms with E-state index in [0.29, 0.717) is 43.3 Å². The Labute approximate surface area is 143 Å². The number of nitrogens with one attached hydrogen (secondary N) is 1. The number of carbonyl (C=O) groups excluding carboxylic acids is 1. The Morgan fingerprint density at radius 3 is 2.62 bits per heavy atom. The lowest BCUT2D eigenvalue weighted by Gasteiger charge is -2.12. The maximum atomic E-state index is 11.9. The molecule has 0 aliphatic rings. The predicted molar refractivity (Wildman–Crippen MR) is 95.6 cm³/mol. The van der Waals surface area contributed by atoms with Gasteiger partial charge in [-0.1, -0.05) is 19.9 Å². The Balaban J connectivity index is 1.79. The van der Waals surface area contributed by atoms with Gasteiger partial charge >= 0.3 is 0 Å². The molecule has 0 fully saturated rings. The molecule has 0 atom stereocenters. The zero-order valence-electron chi connectivity index (χ0n) is 14.3. The third kappa shape index (κ3) is 5.91. The lowest BCUT2D eigenvalue weighted by atomic mass is 10.1. The summed E-state index contributed by atoms with van der Waals surface area (Å²) in [4.78, 5) is 15.9. The van der Waals surface area contributed by atoms with Crippen LogP contribution in [0.15, 0.2) is 42.7 Å². The minimum atomic E-state index is 0.0190. The first-order valence-corrected chi connectivity index (χ1v) is 8.21. The number of anilines is 1. The Hall–Kier alpha value is -2.56. The molecular formula is C19H25N3O2. The van der Waals surface area contributed by atoms with Gasteiger partial charge in [-0.25, -0.2) is 0 Å². The molecule has 0 bridgehead atoms. The van der Waals surface area contributed by atoms with Crippen molar-refractivity contribution in [2.75, 3.05) is 12.3 Å². The molecule has 0 aliphatic heterocycles. The molecule has 2 aromatic rings. The van der Waals surface area contributed by atoms with E-state index in [2.05, 4.69) is 24.1 Å². The number of aromatic nitrogens is 1. The number of amides is 1. The third-order valence-electron chi connectivity index (χ3n) is 3.53. The second kappa shape index (κ2) is 8.91. The van der Waals surface area contributed by atoms with Gasteiger partial charge in [0.1, 0.15) is 5.75 Å². The van der Waals surface area contributed by atoms with Gasteiger partial charge in [0.25, 0.3) is 0 Å². The third-order valence-corrected chi connectivity index (χ3v) is 3.53. The number of carbonyl (C=O) groups is 1. The van der Waals surface area contributed by atoms with E-state index in [4.69, 9.17) is 10.5 Å². The number of benzene rings is 1. The lowest BCUT2D eigenvalue weighted by Crippen LogP contribution is -2.23. The minimum Gasteiger partial charge on any atom is -0.491 e. The molecule has 0 saturated carbocycles. The highest BCUT2D eigenvalue weighted by Crippen LogP contribution is 2.23. The van der Waals surface area contributed by atoms with Crippen LogP contribution in [0.5, 0.6) is 5.75 Å². The molecule has 5 heteroatoms. The van der Waals surface area contributed by atoms with Crippen LogP contribution in [-0.2, 0) is 17.8 Å². The van der Waals surface area contributed by atoms with Crippen molar-refractivity contribution in [1.82, 2.24) is 10.3 Å². The number of aryl methyl sites for hydroxylation is 1. The molecule has 0 spiro atoms. The highest BCUT2D eigenvalue weighted by atomic mass is 16.5. The molecule has 1 heterocycles. The monoisotopic (exact) mass is 327 g/mol. The first kappa shape index (κ1) is 17.8. The fraction of sp³-hybridized carbons (Fsp3) is 0.368. The summed E-state index contributed by atoms with van der Waals surface area (Å²) in [7, 11) is 0. The number of ether oxygens (including phenoxy) is 1. The zero-order valence-corrected chi connectivity index (χ0v) is 14.3. The van der Waals surface area contributed by atoms with Crippen molar-refractivity contribution in [2.45, 2.75) is 33.2 Å². The van der Waals surface area contributed by atoms with E-state index in [9.17, 15) is 4.79 Å². The number of nitrogen functional groups attached to an aromatic ring is 1. The van der Waals surface area contributed by atoms with E-state index in [0.717, 1.165) is 11.1 Å². The summed E-state index contributed by atoms with van der Waals surface area (Å²) >= 11 is 0. The molecule has 0 aliphatic carbocycles. The SMILES string of the molecule is CC(C)COc1ccc(CCC(=O)NCc2ccncc2)cc1N. The van der Waals surface area contributed by atoms with Crippen LogP contribution in [0.25, 0.3) is 0 Å². The van der Waals surface area contributed by atoms with Crippen molar-refractivity contribution in [3.05, 3.63) is 53.9 Å². The van der Waals surface area contributed by atoms with Crippen LogP contribution in [0, 0.1) is 5.92 Å². The van der Waals surface area contributed by atoms with Gasteiger partial charge < -0.3 is 15.8 Å². The summed E-state index contributed by atoms with van der Waals surface area (Å²) in [5, 5.41) is 2.91.